The van der Waals surface area contributed by atoms with Crippen LogP contribution in [0.2, 0.25) is 0 Å². The second kappa shape index (κ2) is 11.7. The van der Waals surface area contributed by atoms with Gasteiger partial charge >= 0.3 is 0 Å². The van der Waals surface area contributed by atoms with Crippen LogP contribution in [0.25, 0.3) is 110 Å². The number of nitrogens with zero attached hydrogens (tertiary/aromatic N) is 3. The summed E-state index contributed by atoms with van der Waals surface area (Å²) in [5, 5.41) is 11.6. The third-order valence-electron chi connectivity index (χ3n) is 10.5. The number of fused-ring (bicyclic) bond motifs is 9. The Balaban J connectivity index is 1.19. The summed E-state index contributed by atoms with van der Waals surface area (Å²) in [7, 11) is 0. The molecule has 0 spiro atoms. The van der Waals surface area contributed by atoms with Crippen LogP contribution in [0.4, 0.5) is 0 Å². The first-order chi connectivity index (χ1) is 26.3. The normalized spacial score (nSPS) is 11.8. The largest absolute Gasteiger partial charge is 0.456 e. The van der Waals surface area contributed by atoms with Crippen LogP contribution in [0.1, 0.15) is 0 Å². The second-order valence-electron chi connectivity index (χ2n) is 13.5. The van der Waals surface area contributed by atoms with Crippen LogP contribution >= 0.6 is 0 Å². The van der Waals surface area contributed by atoms with Crippen molar-refractivity contribution < 1.29 is 4.42 Å². The lowest BCUT2D eigenvalue weighted by molar-refractivity contribution is 0.669. The van der Waals surface area contributed by atoms with E-state index < -0.39 is 0 Å². The molecule has 11 aromatic rings. The number of furan rings is 1. The molecule has 2 aromatic heterocycles. The third kappa shape index (κ3) is 4.73. The van der Waals surface area contributed by atoms with Crippen LogP contribution in [0.5, 0.6) is 0 Å². The Bertz CT molecular complexity index is 3250. The van der Waals surface area contributed by atoms with E-state index in [1.54, 1.807) is 0 Å². The van der Waals surface area contributed by atoms with E-state index in [0.29, 0.717) is 17.5 Å². The van der Waals surface area contributed by atoms with E-state index >= 15 is 0 Å². The van der Waals surface area contributed by atoms with Gasteiger partial charge < -0.3 is 4.42 Å². The first kappa shape index (κ1) is 29.5. The molecule has 0 N–H and O–H groups in total. The predicted octanol–water partition coefficient (Wildman–Crippen LogP) is 13.1. The van der Waals surface area contributed by atoms with Crippen LogP contribution in [0, 0.1) is 0 Å². The zero-order valence-corrected chi connectivity index (χ0v) is 28.5. The Labute approximate surface area is 304 Å². The first-order valence-corrected chi connectivity index (χ1v) is 17.9. The standard InChI is InChI=1S/C49H29N3O/c1-2-13-33-29-34(26-23-30(33)11-1)47-50-48(40-16-6-5-15-36(40)39-19-10-22-44-46(39)42-17-7-8-21-43(42)53-44)52-49(51-47)41-20-9-18-38-37(41)28-27-32-25-24-31-12-3-4-14-35(31)45(32)38/h1-29H. The average molecular weight is 676 g/mol. The van der Waals surface area contributed by atoms with Crippen molar-refractivity contribution in [3.8, 4) is 45.3 Å². The van der Waals surface area contributed by atoms with Crippen LogP contribution < -0.4 is 0 Å². The lowest BCUT2D eigenvalue weighted by atomic mass is 9.94. The van der Waals surface area contributed by atoms with Gasteiger partial charge in [0.15, 0.2) is 17.5 Å². The number of aromatic nitrogens is 3. The summed E-state index contributed by atoms with van der Waals surface area (Å²) in [6.07, 6.45) is 0. The fraction of sp³-hybridized carbons (Fsp3) is 0. The van der Waals surface area contributed by atoms with Crippen LogP contribution in [0.3, 0.4) is 0 Å². The molecule has 0 saturated carbocycles. The van der Waals surface area contributed by atoms with Gasteiger partial charge in [0.05, 0.1) is 0 Å². The molecule has 0 aliphatic heterocycles. The molecule has 0 unspecified atom stereocenters. The smallest absolute Gasteiger partial charge is 0.164 e. The van der Waals surface area contributed by atoms with E-state index in [1.165, 1.54) is 32.3 Å². The molecular weight excluding hydrogens is 647 g/mol. The molecule has 0 amide bonds. The van der Waals surface area contributed by atoms with Crippen LogP contribution in [-0.4, -0.2) is 15.0 Å². The number of para-hydroxylation sites is 1. The van der Waals surface area contributed by atoms with E-state index in [0.717, 1.165) is 60.5 Å². The Kier molecular flexibility index (Phi) is 6.52. The summed E-state index contributed by atoms with van der Waals surface area (Å²) in [5.41, 5.74) is 6.64. The van der Waals surface area contributed by atoms with Crippen molar-refractivity contribution in [1.82, 2.24) is 15.0 Å². The maximum Gasteiger partial charge on any atom is 0.164 e. The minimum Gasteiger partial charge on any atom is -0.456 e. The highest BCUT2D eigenvalue weighted by Gasteiger charge is 2.20. The Morgan fingerprint density at radius 1 is 0.302 bits per heavy atom. The molecule has 2 heterocycles. The molecule has 0 aliphatic rings. The third-order valence-corrected chi connectivity index (χ3v) is 10.5. The zero-order chi connectivity index (χ0) is 34.9. The van der Waals surface area contributed by atoms with Gasteiger partial charge in [-0.1, -0.05) is 158 Å². The van der Waals surface area contributed by atoms with Crippen LogP contribution in [0.15, 0.2) is 180 Å². The molecule has 0 aliphatic carbocycles. The molecule has 0 atom stereocenters. The fourth-order valence-electron chi connectivity index (χ4n) is 8.05. The second-order valence-corrected chi connectivity index (χ2v) is 13.5. The molecule has 9 aromatic carbocycles. The summed E-state index contributed by atoms with van der Waals surface area (Å²) < 4.78 is 6.31. The van der Waals surface area contributed by atoms with Gasteiger partial charge in [0.1, 0.15) is 11.2 Å². The molecular formula is C49H29N3O. The number of rotatable bonds is 4. The van der Waals surface area contributed by atoms with Crippen molar-refractivity contribution in [3.05, 3.63) is 176 Å². The summed E-state index contributed by atoms with van der Waals surface area (Å²) >= 11 is 0. The highest BCUT2D eigenvalue weighted by atomic mass is 16.3. The van der Waals surface area contributed by atoms with Gasteiger partial charge in [0, 0.05) is 27.5 Å². The van der Waals surface area contributed by atoms with Crippen molar-refractivity contribution in [1.29, 1.82) is 0 Å². The summed E-state index contributed by atoms with van der Waals surface area (Å²) in [5.74, 6) is 1.87. The summed E-state index contributed by atoms with van der Waals surface area (Å²) in [6.45, 7) is 0. The van der Waals surface area contributed by atoms with Crippen molar-refractivity contribution in [3.63, 3.8) is 0 Å². The molecule has 0 saturated heterocycles. The maximum absolute atomic E-state index is 6.31. The summed E-state index contributed by atoms with van der Waals surface area (Å²) in [6, 6.07) is 61.6. The maximum atomic E-state index is 6.31. The molecule has 0 radical (unpaired) electrons. The lowest BCUT2D eigenvalue weighted by Crippen LogP contribution is -2.01. The minimum atomic E-state index is 0.613. The molecule has 4 nitrogen and oxygen atoms in total. The highest BCUT2D eigenvalue weighted by molar-refractivity contribution is 6.22. The molecule has 246 valence electrons. The predicted molar refractivity (Wildman–Crippen MR) is 219 cm³/mol. The fourth-order valence-corrected chi connectivity index (χ4v) is 8.05. The monoisotopic (exact) mass is 675 g/mol. The molecule has 53 heavy (non-hydrogen) atoms. The Morgan fingerprint density at radius 2 is 0.887 bits per heavy atom. The van der Waals surface area contributed by atoms with E-state index in [9.17, 15) is 0 Å². The number of hydrogen-bond donors (Lipinski definition) is 0. The Hall–Kier alpha value is -7.17. The van der Waals surface area contributed by atoms with E-state index in [-0.39, 0.29) is 0 Å². The topological polar surface area (TPSA) is 51.8 Å². The van der Waals surface area contributed by atoms with E-state index in [4.69, 9.17) is 19.4 Å². The van der Waals surface area contributed by atoms with Gasteiger partial charge in [-0.2, -0.15) is 0 Å². The highest BCUT2D eigenvalue weighted by Crippen LogP contribution is 2.41. The van der Waals surface area contributed by atoms with Gasteiger partial charge in [-0.15, -0.1) is 0 Å². The van der Waals surface area contributed by atoms with Crippen LogP contribution in [-0.2, 0) is 0 Å². The SMILES string of the molecule is c1ccc(-c2cccc3oc4ccccc4c23)c(-c2nc(-c3ccc4ccccc4c3)nc(-c3cccc4c3ccc3ccc5ccccc5c34)n2)c1. The average Bonchev–Trinajstić information content (AvgIpc) is 3.62. The zero-order valence-electron chi connectivity index (χ0n) is 28.5. The van der Waals surface area contributed by atoms with E-state index in [1.807, 2.05) is 18.2 Å². The van der Waals surface area contributed by atoms with Crippen molar-refractivity contribution in [2.75, 3.05) is 0 Å². The Morgan fingerprint density at radius 3 is 1.79 bits per heavy atom. The van der Waals surface area contributed by atoms with Gasteiger partial charge in [0.25, 0.3) is 0 Å². The molecule has 0 bridgehead atoms. The van der Waals surface area contributed by atoms with Crippen molar-refractivity contribution in [2.24, 2.45) is 0 Å². The lowest BCUT2D eigenvalue weighted by Gasteiger charge is -2.14. The molecule has 4 heteroatoms. The van der Waals surface area contributed by atoms with Crippen molar-refractivity contribution in [2.45, 2.75) is 0 Å². The van der Waals surface area contributed by atoms with Gasteiger partial charge in [-0.3, -0.25) is 0 Å². The van der Waals surface area contributed by atoms with Gasteiger partial charge in [-0.05, 0) is 72.4 Å². The van der Waals surface area contributed by atoms with Gasteiger partial charge in [0.2, 0.25) is 0 Å². The molecule has 11 rings (SSSR count). The molecule has 0 fully saturated rings. The summed E-state index contributed by atoms with van der Waals surface area (Å²) in [4.78, 5) is 15.8. The minimum absolute atomic E-state index is 0.613. The van der Waals surface area contributed by atoms with Gasteiger partial charge in [-0.25, -0.2) is 15.0 Å². The number of hydrogen-bond acceptors (Lipinski definition) is 4. The van der Waals surface area contributed by atoms with Crippen molar-refractivity contribution >= 4 is 65.0 Å². The van der Waals surface area contributed by atoms with E-state index in [2.05, 4.69) is 158 Å². The first-order valence-electron chi connectivity index (χ1n) is 17.9. The quantitative estimate of drug-likeness (QED) is 0.174. The number of benzene rings is 9.